The lowest BCUT2D eigenvalue weighted by molar-refractivity contribution is -0.136. The average Bonchev–Trinajstić information content (AvgIpc) is 2.55. The molecule has 0 spiro atoms. The quantitative estimate of drug-likeness (QED) is 0.735. The summed E-state index contributed by atoms with van der Waals surface area (Å²) in [5.41, 5.74) is 1.11. The number of aliphatic carboxylic acids is 1. The number of piperidine rings is 1. The minimum Gasteiger partial charge on any atom is -0.495 e. The molecule has 1 heterocycles. The maximum Gasteiger partial charge on any atom is 0.319 e. The molecule has 0 bridgehead atoms. The van der Waals surface area contributed by atoms with Crippen LogP contribution in [0.15, 0.2) is 18.2 Å². The smallest absolute Gasteiger partial charge is 0.319 e. The van der Waals surface area contributed by atoms with E-state index in [1.807, 2.05) is 0 Å². The first-order valence-electron chi connectivity index (χ1n) is 7.76. The molecular formula is C16H21N3O5. The monoisotopic (exact) mass is 335 g/mol. The van der Waals surface area contributed by atoms with Crippen molar-refractivity contribution in [1.82, 2.24) is 5.32 Å². The molecule has 1 aliphatic rings. The largest absolute Gasteiger partial charge is 0.495 e. The summed E-state index contributed by atoms with van der Waals surface area (Å²) in [6, 6.07) is 4.52. The number of anilines is 2. The van der Waals surface area contributed by atoms with Gasteiger partial charge in [0, 0.05) is 25.2 Å². The summed E-state index contributed by atoms with van der Waals surface area (Å²) in [6.45, 7) is 0.651. The van der Waals surface area contributed by atoms with Crippen molar-refractivity contribution >= 4 is 29.3 Å². The Hall–Kier alpha value is -2.77. The highest BCUT2D eigenvalue weighted by atomic mass is 16.5. The van der Waals surface area contributed by atoms with Crippen LogP contribution in [-0.4, -0.2) is 43.2 Å². The number of urea groups is 1. The predicted molar refractivity (Wildman–Crippen MR) is 88.5 cm³/mol. The van der Waals surface area contributed by atoms with E-state index in [1.54, 1.807) is 23.1 Å². The zero-order valence-electron chi connectivity index (χ0n) is 13.5. The first-order valence-corrected chi connectivity index (χ1v) is 7.76. The molecule has 0 saturated carbocycles. The van der Waals surface area contributed by atoms with E-state index >= 15 is 0 Å². The van der Waals surface area contributed by atoms with E-state index < -0.39 is 12.0 Å². The number of hydrogen-bond donors (Lipinski definition) is 3. The number of ether oxygens (including phenoxy) is 1. The van der Waals surface area contributed by atoms with Crippen molar-refractivity contribution in [3.05, 3.63) is 18.2 Å². The molecule has 3 amide bonds. The molecule has 1 aromatic carbocycles. The predicted octanol–water partition coefficient (Wildman–Crippen LogP) is 1.81. The van der Waals surface area contributed by atoms with Gasteiger partial charge in [-0.1, -0.05) is 0 Å². The minimum atomic E-state index is -0.981. The third-order valence-corrected chi connectivity index (χ3v) is 3.68. The van der Waals surface area contributed by atoms with E-state index in [0.29, 0.717) is 30.1 Å². The molecule has 0 aliphatic carbocycles. The summed E-state index contributed by atoms with van der Waals surface area (Å²) in [6.07, 6.45) is 2.14. The molecule has 0 unspecified atom stereocenters. The number of hydrogen-bond acceptors (Lipinski definition) is 4. The number of benzene rings is 1. The van der Waals surface area contributed by atoms with Gasteiger partial charge in [0.15, 0.2) is 0 Å². The SMILES string of the molecule is COc1ccc(NC(=O)NCCC(=O)O)cc1N1CCCCC1=O. The molecule has 1 aromatic rings. The normalized spacial score (nSPS) is 14.2. The number of carboxylic acid groups (broad SMARTS) is 1. The van der Waals surface area contributed by atoms with E-state index in [4.69, 9.17) is 9.84 Å². The van der Waals surface area contributed by atoms with E-state index in [9.17, 15) is 14.4 Å². The number of carboxylic acids is 1. The summed E-state index contributed by atoms with van der Waals surface area (Å²) in [5, 5.41) is 13.6. The van der Waals surface area contributed by atoms with Gasteiger partial charge in [0.1, 0.15) is 5.75 Å². The summed E-state index contributed by atoms with van der Waals surface area (Å²) in [5.74, 6) is -0.393. The van der Waals surface area contributed by atoms with Crippen molar-refractivity contribution in [2.45, 2.75) is 25.7 Å². The van der Waals surface area contributed by atoms with Gasteiger partial charge in [-0.3, -0.25) is 9.59 Å². The molecule has 8 nitrogen and oxygen atoms in total. The van der Waals surface area contributed by atoms with Crippen LogP contribution < -0.4 is 20.3 Å². The van der Waals surface area contributed by atoms with E-state index in [1.165, 1.54) is 7.11 Å². The molecule has 1 saturated heterocycles. The van der Waals surface area contributed by atoms with Gasteiger partial charge in [0.2, 0.25) is 5.91 Å². The number of nitrogens with one attached hydrogen (secondary N) is 2. The molecule has 8 heteroatoms. The van der Waals surface area contributed by atoms with E-state index in [-0.39, 0.29) is 18.9 Å². The Kier molecular flexibility index (Phi) is 6.00. The second-order valence-corrected chi connectivity index (χ2v) is 5.41. The van der Waals surface area contributed by atoms with Crippen LogP contribution in [0.25, 0.3) is 0 Å². The lowest BCUT2D eigenvalue weighted by Crippen LogP contribution is -2.35. The lowest BCUT2D eigenvalue weighted by Gasteiger charge is -2.28. The first-order chi connectivity index (χ1) is 11.5. The Balaban J connectivity index is 2.08. The number of amides is 3. The molecule has 3 N–H and O–H groups in total. The molecule has 0 aromatic heterocycles. The molecular weight excluding hydrogens is 314 g/mol. The van der Waals surface area contributed by atoms with Gasteiger partial charge in [-0.15, -0.1) is 0 Å². The van der Waals surface area contributed by atoms with Crippen LogP contribution in [0.5, 0.6) is 5.75 Å². The van der Waals surface area contributed by atoms with Gasteiger partial charge in [0.05, 0.1) is 19.2 Å². The summed E-state index contributed by atoms with van der Waals surface area (Å²) in [7, 11) is 1.53. The zero-order chi connectivity index (χ0) is 17.5. The Bertz CT molecular complexity index is 632. The molecule has 24 heavy (non-hydrogen) atoms. The van der Waals surface area contributed by atoms with Crippen molar-refractivity contribution < 1.29 is 24.2 Å². The Morgan fingerprint density at radius 3 is 2.79 bits per heavy atom. The average molecular weight is 335 g/mol. The zero-order valence-corrected chi connectivity index (χ0v) is 13.5. The van der Waals surface area contributed by atoms with Crippen LogP contribution >= 0.6 is 0 Å². The van der Waals surface area contributed by atoms with Crippen molar-refractivity contribution in [3.63, 3.8) is 0 Å². The van der Waals surface area contributed by atoms with Gasteiger partial charge >= 0.3 is 12.0 Å². The van der Waals surface area contributed by atoms with Gasteiger partial charge in [-0.05, 0) is 31.0 Å². The van der Waals surface area contributed by atoms with Crippen LogP contribution in [0.4, 0.5) is 16.2 Å². The number of nitrogens with zero attached hydrogens (tertiary/aromatic N) is 1. The number of carbonyl (C=O) groups excluding carboxylic acids is 2. The van der Waals surface area contributed by atoms with Crippen molar-refractivity contribution in [3.8, 4) is 5.75 Å². The molecule has 0 radical (unpaired) electrons. The molecule has 130 valence electrons. The van der Waals surface area contributed by atoms with Gasteiger partial charge < -0.3 is 25.4 Å². The van der Waals surface area contributed by atoms with Crippen LogP contribution in [0.3, 0.4) is 0 Å². The van der Waals surface area contributed by atoms with Crippen molar-refractivity contribution in [1.29, 1.82) is 0 Å². The third kappa shape index (κ3) is 4.61. The van der Waals surface area contributed by atoms with Crippen molar-refractivity contribution in [2.24, 2.45) is 0 Å². The molecule has 1 aliphatic heterocycles. The van der Waals surface area contributed by atoms with Crippen molar-refractivity contribution in [2.75, 3.05) is 30.4 Å². The molecule has 1 fully saturated rings. The Morgan fingerprint density at radius 1 is 1.33 bits per heavy atom. The molecule has 0 atom stereocenters. The third-order valence-electron chi connectivity index (χ3n) is 3.68. The summed E-state index contributed by atoms with van der Waals surface area (Å²) < 4.78 is 5.31. The maximum absolute atomic E-state index is 12.1. The first kappa shape index (κ1) is 17.6. The lowest BCUT2D eigenvalue weighted by atomic mass is 10.1. The Labute approximate surface area is 139 Å². The Morgan fingerprint density at radius 2 is 2.12 bits per heavy atom. The van der Waals surface area contributed by atoms with Crippen LogP contribution in [0, 0.1) is 0 Å². The van der Waals surface area contributed by atoms with Gasteiger partial charge in [-0.2, -0.15) is 0 Å². The van der Waals surface area contributed by atoms with Crippen LogP contribution in [0.2, 0.25) is 0 Å². The van der Waals surface area contributed by atoms with Gasteiger partial charge in [-0.25, -0.2) is 4.79 Å². The van der Waals surface area contributed by atoms with E-state index in [0.717, 1.165) is 12.8 Å². The highest BCUT2D eigenvalue weighted by Gasteiger charge is 2.23. The van der Waals surface area contributed by atoms with Crippen LogP contribution in [0.1, 0.15) is 25.7 Å². The fourth-order valence-corrected chi connectivity index (χ4v) is 2.50. The summed E-state index contributed by atoms with van der Waals surface area (Å²) in [4.78, 5) is 36.0. The second-order valence-electron chi connectivity index (χ2n) is 5.41. The maximum atomic E-state index is 12.1. The molecule has 2 rings (SSSR count). The van der Waals surface area contributed by atoms with E-state index in [2.05, 4.69) is 10.6 Å². The fourth-order valence-electron chi connectivity index (χ4n) is 2.50. The minimum absolute atomic E-state index is 0.0302. The van der Waals surface area contributed by atoms with Gasteiger partial charge in [0.25, 0.3) is 0 Å². The number of methoxy groups -OCH3 is 1. The van der Waals surface area contributed by atoms with Crippen LogP contribution in [-0.2, 0) is 9.59 Å². The summed E-state index contributed by atoms with van der Waals surface area (Å²) >= 11 is 0. The fraction of sp³-hybridized carbons (Fsp3) is 0.438. The highest BCUT2D eigenvalue weighted by Crippen LogP contribution is 2.33. The standard InChI is InChI=1S/C16H21N3O5/c1-24-13-6-5-11(18-16(23)17-8-7-15(21)22)10-12(13)19-9-3-2-4-14(19)20/h5-6,10H,2-4,7-9H2,1H3,(H,21,22)(H2,17,18,23). The second kappa shape index (κ2) is 8.19. The number of carbonyl (C=O) groups is 3. The highest BCUT2D eigenvalue weighted by molar-refractivity contribution is 5.97. The topological polar surface area (TPSA) is 108 Å². The number of rotatable bonds is 6.